The van der Waals surface area contributed by atoms with E-state index >= 15 is 0 Å². The van der Waals surface area contributed by atoms with E-state index in [1.165, 1.54) is 0 Å². The molecule has 1 aromatic heterocycles. The van der Waals surface area contributed by atoms with Crippen molar-refractivity contribution >= 4 is 27.5 Å². The Morgan fingerprint density at radius 3 is 2.62 bits per heavy atom. The largest absolute Gasteiger partial charge is 0.493 e. The van der Waals surface area contributed by atoms with Crippen molar-refractivity contribution in [2.75, 3.05) is 19.4 Å². The summed E-state index contributed by atoms with van der Waals surface area (Å²) in [7, 11) is 1.74. The van der Waals surface area contributed by atoms with Gasteiger partial charge in [-0.15, -0.1) is 0 Å². The van der Waals surface area contributed by atoms with E-state index in [2.05, 4.69) is 15.9 Å². The summed E-state index contributed by atoms with van der Waals surface area (Å²) in [4.78, 5) is 13.6. The fourth-order valence-electron chi connectivity index (χ4n) is 1.77. The van der Waals surface area contributed by atoms with Gasteiger partial charge < -0.3 is 19.8 Å². The minimum Gasteiger partial charge on any atom is -0.493 e. The third-order valence-corrected chi connectivity index (χ3v) is 3.34. The van der Waals surface area contributed by atoms with Crippen molar-refractivity contribution in [1.82, 2.24) is 4.90 Å². The van der Waals surface area contributed by atoms with Gasteiger partial charge in [-0.3, -0.25) is 4.79 Å². The summed E-state index contributed by atoms with van der Waals surface area (Å²) in [5.74, 6) is 1.43. The number of carbonyl (C=O) groups is 1. The van der Waals surface area contributed by atoms with Crippen molar-refractivity contribution in [3.8, 4) is 5.75 Å². The first-order chi connectivity index (χ1) is 10.0. The molecule has 0 aliphatic rings. The van der Waals surface area contributed by atoms with Crippen LogP contribution in [0.1, 0.15) is 12.2 Å². The first-order valence-corrected chi connectivity index (χ1v) is 7.30. The molecule has 2 aromatic rings. The molecule has 1 aromatic carbocycles. The van der Waals surface area contributed by atoms with Crippen LogP contribution in [0.4, 0.5) is 5.69 Å². The Morgan fingerprint density at radius 1 is 1.29 bits per heavy atom. The predicted octanol–water partition coefficient (Wildman–Crippen LogP) is 3.05. The number of nitrogens with two attached hydrogens (primary N) is 1. The highest BCUT2D eigenvalue weighted by Gasteiger charge is 2.11. The summed E-state index contributed by atoms with van der Waals surface area (Å²) in [6.45, 7) is 0.765. The van der Waals surface area contributed by atoms with Gasteiger partial charge in [-0.05, 0) is 52.3 Å². The van der Waals surface area contributed by atoms with Gasteiger partial charge in [0.15, 0.2) is 4.67 Å². The van der Waals surface area contributed by atoms with Gasteiger partial charge in [-0.1, -0.05) is 0 Å². The number of amides is 1. The minimum absolute atomic E-state index is 0.00188. The first kappa shape index (κ1) is 15.4. The maximum atomic E-state index is 12.0. The summed E-state index contributed by atoms with van der Waals surface area (Å²) in [6.07, 6.45) is 0.308. The van der Waals surface area contributed by atoms with E-state index in [9.17, 15) is 4.79 Å². The Hall–Kier alpha value is -1.95. The van der Waals surface area contributed by atoms with Gasteiger partial charge in [0.25, 0.3) is 0 Å². The zero-order valence-electron chi connectivity index (χ0n) is 11.7. The molecular weight excluding hydrogens is 336 g/mol. The summed E-state index contributed by atoms with van der Waals surface area (Å²) in [5.41, 5.74) is 6.27. The molecule has 2 rings (SSSR count). The minimum atomic E-state index is -0.00188. The second kappa shape index (κ2) is 7.17. The van der Waals surface area contributed by atoms with Crippen molar-refractivity contribution in [2.45, 2.75) is 13.0 Å². The molecule has 0 saturated heterocycles. The third kappa shape index (κ3) is 4.82. The SMILES string of the molecule is CN(Cc1ccc(Br)o1)C(=O)CCOc1ccc(N)cc1. The number of halogens is 1. The number of ether oxygens (including phenoxy) is 1. The molecule has 0 radical (unpaired) electrons. The normalized spacial score (nSPS) is 10.4. The molecular formula is C15H17BrN2O3. The molecule has 0 aliphatic carbocycles. The van der Waals surface area contributed by atoms with Gasteiger partial charge in [0, 0.05) is 12.7 Å². The van der Waals surface area contributed by atoms with Crippen molar-refractivity contribution in [3.63, 3.8) is 0 Å². The van der Waals surface area contributed by atoms with E-state index in [4.69, 9.17) is 14.9 Å². The molecule has 0 aliphatic heterocycles. The average molecular weight is 353 g/mol. The van der Waals surface area contributed by atoms with E-state index in [-0.39, 0.29) is 5.91 Å². The fourth-order valence-corrected chi connectivity index (χ4v) is 2.11. The first-order valence-electron chi connectivity index (χ1n) is 6.51. The smallest absolute Gasteiger partial charge is 0.226 e. The van der Waals surface area contributed by atoms with Crippen molar-refractivity contribution in [1.29, 1.82) is 0 Å². The number of anilines is 1. The lowest BCUT2D eigenvalue weighted by molar-refractivity contribution is -0.131. The number of nitrogen functional groups attached to an aromatic ring is 1. The lowest BCUT2D eigenvalue weighted by atomic mass is 10.3. The Morgan fingerprint density at radius 2 is 2.00 bits per heavy atom. The number of furan rings is 1. The van der Waals surface area contributed by atoms with Crippen LogP contribution in [0.15, 0.2) is 45.5 Å². The summed E-state index contributed by atoms with van der Waals surface area (Å²) in [5, 5.41) is 0. The molecule has 0 fully saturated rings. The maximum absolute atomic E-state index is 12.0. The highest BCUT2D eigenvalue weighted by molar-refractivity contribution is 9.10. The number of hydrogen-bond acceptors (Lipinski definition) is 4. The van der Waals surface area contributed by atoms with Crippen LogP contribution in [-0.2, 0) is 11.3 Å². The van der Waals surface area contributed by atoms with Crippen LogP contribution in [0.5, 0.6) is 5.75 Å². The zero-order valence-corrected chi connectivity index (χ0v) is 13.3. The molecule has 2 N–H and O–H groups in total. The molecule has 112 valence electrons. The van der Waals surface area contributed by atoms with Crippen LogP contribution in [-0.4, -0.2) is 24.5 Å². The Labute approximate surface area is 131 Å². The molecule has 0 unspecified atom stereocenters. The average Bonchev–Trinajstić information content (AvgIpc) is 2.86. The van der Waals surface area contributed by atoms with Crippen LogP contribution in [0.3, 0.4) is 0 Å². The molecule has 21 heavy (non-hydrogen) atoms. The molecule has 0 spiro atoms. The standard InChI is InChI=1S/C15H17BrN2O3/c1-18(10-13-6-7-14(16)21-13)15(19)8-9-20-12-4-2-11(17)3-5-12/h2-7H,8-10,17H2,1H3. The van der Waals surface area contributed by atoms with Crippen LogP contribution >= 0.6 is 15.9 Å². The van der Waals surface area contributed by atoms with Gasteiger partial charge in [0.2, 0.25) is 5.91 Å². The van der Waals surface area contributed by atoms with Crippen LogP contribution in [0.2, 0.25) is 0 Å². The van der Waals surface area contributed by atoms with Gasteiger partial charge >= 0.3 is 0 Å². The van der Waals surface area contributed by atoms with E-state index in [0.717, 1.165) is 5.76 Å². The monoisotopic (exact) mass is 352 g/mol. The Bertz CT molecular complexity index is 595. The molecule has 0 saturated carbocycles. The maximum Gasteiger partial charge on any atom is 0.226 e. The molecule has 0 bridgehead atoms. The van der Waals surface area contributed by atoms with Crippen LogP contribution in [0.25, 0.3) is 0 Å². The molecule has 1 heterocycles. The number of benzene rings is 1. The quantitative estimate of drug-likeness (QED) is 0.811. The molecule has 6 heteroatoms. The van der Waals surface area contributed by atoms with Crippen molar-refractivity contribution in [3.05, 3.63) is 46.8 Å². The fraction of sp³-hybridized carbons (Fsp3) is 0.267. The van der Waals surface area contributed by atoms with Gasteiger partial charge in [0.05, 0.1) is 19.6 Å². The summed E-state index contributed by atoms with van der Waals surface area (Å²) < 4.78 is 11.5. The third-order valence-electron chi connectivity index (χ3n) is 2.91. The van der Waals surface area contributed by atoms with Gasteiger partial charge in [-0.25, -0.2) is 0 Å². The Kier molecular flexibility index (Phi) is 5.27. The van der Waals surface area contributed by atoms with Crippen molar-refractivity contribution < 1.29 is 13.9 Å². The van der Waals surface area contributed by atoms with Crippen LogP contribution < -0.4 is 10.5 Å². The highest BCUT2D eigenvalue weighted by Crippen LogP contribution is 2.16. The molecule has 0 atom stereocenters. The lowest BCUT2D eigenvalue weighted by Gasteiger charge is -2.16. The molecule has 5 nitrogen and oxygen atoms in total. The highest BCUT2D eigenvalue weighted by atomic mass is 79.9. The van der Waals surface area contributed by atoms with Crippen molar-refractivity contribution in [2.24, 2.45) is 0 Å². The van der Waals surface area contributed by atoms with Gasteiger partial charge in [0.1, 0.15) is 11.5 Å². The summed E-state index contributed by atoms with van der Waals surface area (Å²) >= 11 is 3.23. The van der Waals surface area contributed by atoms with Gasteiger partial charge in [-0.2, -0.15) is 0 Å². The predicted molar refractivity (Wildman–Crippen MR) is 83.8 cm³/mol. The zero-order chi connectivity index (χ0) is 15.2. The number of nitrogens with zero attached hydrogens (tertiary/aromatic N) is 1. The number of hydrogen-bond donors (Lipinski definition) is 1. The second-order valence-corrected chi connectivity index (χ2v) is 5.40. The lowest BCUT2D eigenvalue weighted by Crippen LogP contribution is -2.27. The topological polar surface area (TPSA) is 68.7 Å². The number of carbonyl (C=O) groups excluding carboxylic acids is 1. The van der Waals surface area contributed by atoms with E-state index in [1.807, 2.05) is 6.07 Å². The number of rotatable bonds is 6. The van der Waals surface area contributed by atoms with Crippen LogP contribution in [0, 0.1) is 0 Å². The Balaban J connectivity index is 1.74. The molecule has 1 amide bonds. The second-order valence-electron chi connectivity index (χ2n) is 4.62. The van der Waals surface area contributed by atoms with E-state index in [1.54, 1.807) is 42.3 Å². The summed E-state index contributed by atoms with van der Waals surface area (Å²) in [6, 6.07) is 10.7. The van der Waals surface area contributed by atoms with E-state index < -0.39 is 0 Å². The van der Waals surface area contributed by atoms with E-state index in [0.29, 0.717) is 35.7 Å².